The zero-order valence-electron chi connectivity index (χ0n) is 7.94. The standard InChI is InChI=1S/C11H11N3/c1-8-6-10(7-14-11(8)12)9-2-4-13-5-3-9/h2-7H,1H3,(H2,12,14). The lowest BCUT2D eigenvalue weighted by Gasteiger charge is -2.03. The number of nitrogens with two attached hydrogens (primary N) is 1. The Morgan fingerprint density at radius 2 is 1.86 bits per heavy atom. The highest BCUT2D eigenvalue weighted by atomic mass is 14.8. The number of rotatable bonds is 1. The first-order valence-electron chi connectivity index (χ1n) is 4.40. The fraction of sp³-hybridized carbons (Fsp3) is 0.0909. The number of aromatic nitrogens is 2. The minimum atomic E-state index is 0.586. The van der Waals surface area contributed by atoms with Crippen LogP contribution in [0.3, 0.4) is 0 Å². The van der Waals surface area contributed by atoms with Gasteiger partial charge in [0.05, 0.1) is 0 Å². The number of nitrogens with zero attached hydrogens (tertiary/aromatic N) is 2. The van der Waals surface area contributed by atoms with Crippen LogP contribution in [0.4, 0.5) is 5.82 Å². The van der Waals surface area contributed by atoms with Crippen LogP contribution < -0.4 is 5.73 Å². The SMILES string of the molecule is Cc1cc(-c2ccncc2)cnc1N. The molecular weight excluding hydrogens is 174 g/mol. The zero-order valence-corrected chi connectivity index (χ0v) is 7.94. The maximum atomic E-state index is 5.64. The minimum absolute atomic E-state index is 0.586. The zero-order chi connectivity index (χ0) is 9.97. The van der Waals surface area contributed by atoms with E-state index < -0.39 is 0 Å². The van der Waals surface area contributed by atoms with Crippen LogP contribution in [-0.2, 0) is 0 Å². The average molecular weight is 185 g/mol. The van der Waals surface area contributed by atoms with Crippen molar-refractivity contribution in [2.24, 2.45) is 0 Å². The third kappa shape index (κ3) is 1.57. The Balaban J connectivity index is 2.48. The van der Waals surface area contributed by atoms with Gasteiger partial charge in [0.1, 0.15) is 5.82 Å². The fourth-order valence-electron chi connectivity index (χ4n) is 1.29. The van der Waals surface area contributed by atoms with Gasteiger partial charge in [0.25, 0.3) is 0 Å². The molecule has 2 aromatic heterocycles. The molecule has 0 saturated carbocycles. The molecule has 3 heteroatoms. The highest BCUT2D eigenvalue weighted by Crippen LogP contribution is 2.20. The van der Waals surface area contributed by atoms with Gasteiger partial charge in [-0.3, -0.25) is 4.98 Å². The number of pyridine rings is 2. The van der Waals surface area contributed by atoms with E-state index in [9.17, 15) is 0 Å². The van der Waals surface area contributed by atoms with Crippen LogP contribution in [0.1, 0.15) is 5.56 Å². The summed E-state index contributed by atoms with van der Waals surface area (Å²) >= 11 is 0. The lowest BCUT2D eigenvalue weighted by molar-refractivity contribution is 1.27. The van der Waals surface area contributed by atoms with E-state index in [1.54, 1.807) is 18.6 Å². The number of aryl methyl sites for hydroxylation is 1. The summed E-state index contributed by atoms with van der Waals surface area (Å²) in [4.78, 5) is 8.08. The summed E-state index contributed by atoms with van der Waals surface area (Å²) in [5.41, 5.74) is 8.82. The Bertz CT molecular complexity index is 438. The Kier molecular flexibility index (Phi) is 2.14. The van der Waals surface area contributed by atoms with E-state index in [-0.39, 0.29) is 0 Å². The maximum absolute atomic E-state index is 5.64. The van der Waals surface area contributed by atoms with Crippen molar-refractivity contribution in [3.8, 4) is 11.1 Å². The van der Waals surface area contributed by atoms with Crippen molar-refractivity contribution < 1.29 is 0 Å². The third-order valence-electron chi connectivity index (χ3n) is 2.13. The molecule has 0 aliphatic heterocycles. The van der Waals surface area contributed by atoms with E-state index >= 15 is 0 Å². The molecule has 2 N–H and O–H groups in total. The Labute approximate surface area is 82.6 Å². The summed E-state index contributed by atoms with van der Waals surface area (Å²) in [7, 11) is 0. The number of nitrogen functional groups attached to an aromatic ring is 1. The van der Waals surface area contributed by atoms with Gasteiger partial charge in [0.2, 0.25) is 0 Å². The van der Waals surface area contributed by atoms with E-state index in [4.69, 9.17) is 5.73 Å². The third-order valence-corrected chi connectivity index (χ3v) is 2.13. The number of hydrogen-bond acceptors (Lipinski definition) is 3. The number of anilines is 1. The second-order valence-corrected chi connectivity index (χ2v) is 3.16. The molecule has 0 radical (unpaired) electrons. The van der Waals surface area contributed by atoms with Crippen LogP contribution in [0.5, 0.6) is 0 Å². The second kappa shape index (κ2) is 3.46. The molecule has 2 aromatic rings. The first kappa shape index (κ1) is 8.69. The number of hydrogen-bond donors (Lipinski definition) is 1. The highest BCUT2D eigenvalue weighted by molar-refractivity contribution is 5.64. The van der Waals surface area contributed by atoms with E-state index in [1.165, 1.54) is 0 Å². The molecule has 0 aliphatic rings. The Hall–Kier alpha value is -1.90. The van der Waals surface area contributed by atoms with E-state index in [0.29, 0.717) is 5.82 Å². The molecule has 0 aliphatic carbocycles. The van der Waals surface area contributed by atoms with Gasteiger partial charge in [-0.2, -0.15) is 0 Å². The van der Waals surface area contributed by atoms with E-state index in [2.05, 4.69) is 9.97 Å². The summed E-state index contributed by atoms with van der Waals surface area (Å²) in [5, 5.41) is 0. The van der Waals surface area contributed by atoms with Crippen molar-refractivity contribution in [1.82, 2.24) is 9.97 Å². The van der Waals surface area contributed by atoms with Crippen molar-refractivity contribution in [3.63, 3.8) is 0 Å². The van der Waals surface area contributed by atoms with Crippen LogP contribution >= 0.6 is 0 Å². The van der Waals surface area contributed by atoms with Gasteiger partial charge in [-0.05, 0) is 36.2 Å². The van der Waals surface area contributed by atoms with Gasteiger partial charge in [-0.15, -0.1) is 0 Å². The molecule has 0 aromatic carbocycles. The van der Waals surface area contributed by atoms with Crippen molar-refractivity contribution in [3.05, 3.63) is 42.4 Å². The molecule has 0 spiro atoms. The summed E-state index contributed by atoms with van der Waals surface area (Å²) in [5.74, 6) is 0.586. The maximum Gasteiger partial charge on any atom is 0.126 e. The first-order chi connectivity index (χ1) is 6.77. The molecule has 14 heavy (non-hydrogen) atoms. The fourth-order valence-corrected chi connectivity index (χ4v) is 1.29. The van der Waals surface area contributed by atoms with Crippen molar-refractivity contribution in [2.45, 2.75) is 6.92 Å². The summed E-state index contributed by atoms with van der Waals surface area (Å²) in [6.07, 6.45) is 5.31. The Morgan fingerprint density at radius 3 is 2.50 bits per heavy atom. The molecule has 70 valence electrons. The molecule has 0 fully saturated rings. The van der Waals surface area contributed by atoms with Gasteiger partial charge in [0.15, 0.2) is 0 Å². The van der Waals surface area contributed by atoms with E-state index in [0.717, 1.165) is 16.7 Å². The molecule has 2 rings (SSSR count). The molecule has 0 amide bonds. The van der Waals surface area contributed by atoms with Crippen molar-refractivity contribution in [2.75, 3.05) is 5.73 Å². The molecule has 0 saturated heterocycles. The van der Waals surface area contributed by atoms with E-state index in [1.807, 2.05) is 25.1 Å². The topological polar surface area (TPSA) is 51.8 Å². The minimum Gasteiger partial charge on any atom is -0.383 e. The van der Waals surface area contributed by atoms with Crippen molar-refractivity contribution in [1.29, 1.82) is 0 Å². The van der Waals surface area contributed by atoms with Gasteiger partial charge in [-0.1, -0.05) is 0 Å². The highest BCUT2D eigenvalue weighted by Gasteiger charge is 1.99. The van der Waals surface area contributed by atoms with Gasteiger partial charge in [0, 0.05) is 24.2 Å². The van der Waals surface area contributed by atoms with Crippen LogP contribution in [-0.4, -0.2) is 9.97 Å². The lowest BCUT2D eigenvalue weighted by atomic mass is 10.1. The predicted molar refractivity (Wildman–Crippen MR) is 56.6 cm³/mol. The van der Waals surface area contributed by atoms with Crippen LogP contribution in [0.2, 0.25) is 0 Å². The van der Waals surface area contributed by atoms with Crippen molar-refractivity contribution >= 4 is 5.82 Å². The van der Waals surface area contributed by atoms with Crippen LogP contribution in [0.15, 0.2) is 36.8 Å². The Morgan fingerprint density at radius 1 is 1.14 bits per heavy atom. The second-order valence-electron chi connectivity index (χ2n) is 3.16. The summed E-state index contributed by atoms with van der Waals surface area (Å²) in [6, 6.07) is 5.93. The first-order valence-corrected chi connectivity index (χ1v) is 4.40. The lowest BCUT2D eigenvalue weighted by Crippen LogP contribution is -1.93. The summed E-state index contributed by atoms with van der Waals surface area (Å²) in [6.45, 7) is 1.95. The molecule has 0 bridgehead atoms. The smallest absolute Gasteiger partial charge is 0.126 e. The predicted octanol–water partition coefficient (Wildman–Crippen LogP) is 2.03. The quantitative estimate of drug-likeness (QED) is 0.739. The molecule has 0 unspecified atom stereocenters. The van der Waals surface area contributed by atoms with Gasteiger partial charge in [-0.25, -0.2) is 4.98 Å². The van der Waals surface area contributed by atoms with Gasteiger partial charge < -0.3 is 5.73 Å². The normalized spacial score (nSPS) is 10.1. The van der Waals surface area contributed by atoms with Crippen LogP contribution in [0.25, 0.3) is 11.1 Å². The molecule has 3 nitrogen and oxygen atoms in total. The monoisotopic (exact) mass is 185 g/mol. The summed E-state index contributed by atoms with van der Waals surface area (Å²) < 4.78 is 0. The van der Waals surface area contributed by atoms with Crippen LogP contribution in [0, 0.1) is 6.92 Å². The molecule has 2 heterocycles. The largest absolute Gasteiger partial charge is 0.383 e. The van der Waals surface area contributed by atoms with Gasteiger partial charge >= 0.3 is 0 Å². The molecular formula is C11H11N3. The molecule has 0 atom stereocenters. The average Bonchev–Trinajstić information content (AvgIpc) is 2.23.